The van der Waals surface area contributed by atoms with Crippen LogP contribution in [0.15, 0.2) is 53.4 Å². The minimum atomic E-state index is -3.81. The van der Waals surface area contributed by atoms with E-state index >= 15 is 0 Å². The SMILES string of the molecule is CCN(CC(=O)NC(C)c1ccc(F)cc1)S(=O)(=O)c1ccc(OC)cc1. The van der Waals surface area contributed by atoms with E-state index in [0.717, 1.165) is 9.87 Å². The lowest BCUT2D eigenvalue weighted by atomic mass is 10.1. The van der Waals surface area contributed by atoms with Gasteiger partial charge in [-0.1, -0.05) is 19.1 Å². The van der Waals surface area contributed by atoms with Crippen molar-refractivity contribution in [1.29, 1.82) is 0 Å². The molecule has 0 fully saturated rings. The fraction of sp³-hybridized carbons (Fsp3) is 0.316. The van der Waals surface area contributed by atoms with E-state index < -0.39 is 15.9 Å². The van der Waals surface area contributed by atoms with Gasteiger partial charge in [-0.3, -0.25) is 4.79 Å². The Kier molecular flexibility index (Phi) is 6.92. The van der Waals surface area contributed by atoms with Crippen LogP contribution >= 0.6 is 0 Å². The molecule has 8 heteroatoms. The van der Waals surface area contributed by atoms with Gasteiger partial charge in [0.05, 0.1) is 24.6 Å². The highest BCUT2D eigenvalue weighted by Gasteiger charge is 2.25. The summed E-state index contributed by atoms with van der Waals surface area (Å²) in [4.78, 5) is 12.4. The summed E-state index contributed by atoms with van der Waals surface area (Å²) in [5.74, 6) is -0.256. The van der Waals surface area contributed by atoms with Gasteiger partial charge in [-0.15, -0.1) is 0 Å². The first kappa shape index (κ1) is 20.9. The number of carbonyl (C=O) groups excluding carboxylic acids is 1. The molecule has 0 bridgehead atoms. The number of nitrogens with one attached hydrogen (secondary N) is 1. The van der Waals surface area contributed by atoms with Crippen LogP contribution in [-0.4, -0.2) is 38.8 Å². The van der Waals surface area contributed by atoms with Crippen LogP contribution in [0, 0.1) is 5.82 Å². The van der Waals surface area contributed by atoms with Gasteiger partial charge in [-0.25, -0.2) is 12.8 Å². The highest BCUT2D eigenvalue weighted by atomic mass is 32.2. The highest BCUT2D eigenvalue weighted by molar-refractivity contribution is 7.89. The second kappa shape index (κ2) is 8.96. The fourth-order valence-corrected chi connectivity index (χ4v) is 3.95. The summed E-state index contributed by atoms with van der Waals surface area (Å²) in [6.07, 6.45) is 0. The number of carbonyl (C=O) groups is 1. The molecule has 0 heterocycles. The second-order valence-electron chi connectivity index (χ2n) is 5.95. The molecular formula is C19H23FN2O4S. The lowest BCUT2D eigenvalue weighted by Gasteiger charge is -2.22. The third kappa shape index (κ3) is 5.27. The average molecular weight is 394 g/mol. The Bertz CT molecular complexity index is 868. The van der Waals surface area contributed by atoms with Crippen molar-refractivity contribution < 1.29 is 22.3 Å². The number of ether oxygens (including phenoxy) is 1. The van der Waals surface area contributed by atoms with Crippen molar-refractivity contribution in [2.75, 3.05) is 20.2 Å². The van der Waals surface area contributed by atoms with Gasteiger partial charge in [-0.05, 0) is 48.9 Å². The summed E-state index contributed by atoms with van der Waals surface area (Å²) in [7, 11) is -2.32. The maximum absolute atomic E-state index is 13.0. The maximum Gasteiger partial charge on any atom is 0.243 e. The zero-order chi connectivity index (χ0) is 20.0. The van der Waals surface area contributed by atoms with Crippen LogP contribution in [0.1, 0.15) is 25.5 Å². The van der Waals surface area contributed by atoms with E-state index in [-0.39, 0.29) is 29.8 Å². The van der Waals surface area contributed by atoms with Gasteiger partial charge in [0, 0.05) is 6.54 Å². The molecule has 0 aliphatic rings. The Morgan fingerprint density at radius 3 is 2.26 bits per heavy atom. The first-order chi connectivity index (χ1) is 12.8. The van der Waals surface area contributed by atoms with Crippen molar-refractivity contribution in [2.45, 2.75) is 24.8 Å². The minimum absolute atomic E-state index is 0.0875. The Morgan fingerprint density at radius 2 is 1.74 bits per heavy atom. The predicted molar refractivity (Wildman–Crippen MR) is 100 cm³/mol. The van der Waals surface area contributed by atoms with E-state index in [9.17, 15) is 17.6 Å². The Hall–Kier alpha value is -2.45. The van der Waals surface area contributed by atoms with Gasteiger partial charge >= 0.3 is 0 Å². The van der Waals surface area contributed by atoms with Crippen LogP contribution < -0.4 is 10.1 Å². The Labute approximate surface area is 159 Å². The monoisotopic (exact) mass is 394 g/mol. The van der Waals surface area contributed by atoms with E-state index in [1.165, 1.54) is 31.4 Å². The molecule has 146 valence electrons. The lowest BCUT2D eigenvalue weighted by Crippen LogP contribution is -2.41. The Morgan fingerprint density at radius 1 is 1.15 bits per heavy atom. The van der Waals surface area contributed by atoms with Crippen molar-refractivity contribution in [3.8, 4) is 5.75 Å². The summed E-state index contributed by atoms with van der Waals surface area (Å²) in [5.41, 5.74) is 0.728. The summed E-state index contributed by atoms with van der Waals surface area (Å²) in [6.45, 7) is 3.25. The van der Waals surface area contributed by atoms with Crippen molar-refractivity contribution in [2.24, 2.45) is 0 Å². The molecule has 2 aromatic carbocycles. The molecule has 0 aliphatic heterocycles. The van der Waals surface area contributed by atoms with Crippen LogP contribution in [-0.2, 0) is 14.8 Å². The van der Waals surface area contributed by atoms with E-state index in [1.54, 1.807) is 38.1 Å². The van der Waals surface area contributed by atoms with Gasteiger partial charge in [-0.2, -0.15) is 4.31 Å². The van der Waals surface area contributed by atoms with E-state index in [0.29, 0.717) is 5.75 Å². The third-order valence-electron chi connectivity index (χ3n) is 4.12. The van der Waals surface area contributed by atoms with E-state index in [1.807, 2.05) is 0 Å². The highest BCUT2D eigenvalue weighted by Crippen LogP contribution is 2.19. The number of nitrogens with zero attached hydrogens (tertiary/aromatic N) is 1. The molecule has 2 aromatic rings. The van der Waals surface area contributed by atoms with Crippen molar-refractivity contribution in [3.63, 3.8) is 0 Å². The van der Waals surface area contributed by atoms with Gasteiger partial charge in [0.2, 0.25) is 15.9 Å². The first-order valence-corrected chi connectivity index (χ1v) is 9.91. The molecule has 1 atom stereocenters. The number of sulfonamides is 1. The number of halogens is 1. The molecule has 0 aliphatic carbocycles. The standard InChI is InChI=1S/C19H23FN2O4S/c1-4-22(27(24,25)18-11-9-17(26-3)10-12-18)13-19(23)21-14(2)15-5-7-16(20)8-6-15/h5-12,14H,4,13H2,1-3H3,(H,21,23). The van der Waals surface area contributed by atoms with Crippen LogP contribution in [0.5, 0.6) is 5.75 Å². The fourth-order valence-electron chi connectivity index (χ4n) is 2.55. The van der Waals surface area contributed by atoms with Crippen LogP contribution in [0.3, 0.4) is 0 Å². The number of rotatable bonds is 8. The van der Waals surface area contributed by atoms with Crippen LogP contribution in [0.4, 0.5) is 4.39 Å². The van der Waals surface area contributed by atoms with Crippen molar-refractivity contribution in [1.82, 2.24) is 9.62 Å². The third-order valence-corrected chi connectivity index (χ3v) is 6.05. The first-order valence-electron chi connectivity index (χ1n) is 8.47. The quantitative estimate of drug-likeness (QED) is 0.747. The minimum Gasteiger partial charge on any atom is -0.497 e. The molecule has 0 saturated carbocycles. The summed E-state index contributed by atoms with van der Waals surface area (Å²) < 4.78 is 44.6. The van der Waals surface area contributed by atoms with Crippen molar-refractivity contribution >= 4 is 15.9 Å². The largest absolute Gasteiger partial charge is 0.497 e. The molecule has 6 nitrogen and oxygen atoms in total. The molecule has 1 unspecified atom stereocenters. The second-order valence-corrected chi connectivity index (χ2v) is 7.89. The summed E-state index contributed by atoms with van der Waals surface area (Å²) in [6, 6.07) is 11.4. The number of methoxy groups -OCH3 is 1. The predicted octanol–water partition coefficient (Wildman–Crippen LogP) is 2.72. The lowest BCUT2D eigenvalue weighted by molar-refractivity contribution is -0.121. The van der Waals surface area contributed by atoms with Crippen molar-refractivity contribution in [3.05, 3.63) is 59.9 Å². The van der Waals surface area contributed by atoms with Gasteiger partial charge < -0.3 is 10.1 Å². The summed E-state index contributed by atoms with van der Waals surface area (Å²) in [5, 5.41) is 2.73. The number of hydrogen-bond donors (Lipinski definition) is 1. The van der Waals surface area contributed by atoms with Gasteiger partial charge in [0.15, 0.2) is 0 Å². The molecule has 1 amide bonds. The topological polar surface area (TPSA) is 75.7 Å². The van der Waals surface area contributed by atoms with Crippen LogP contribution in [0.25, 0.3) is 0 Å². The summed E-state index contributed by atoms with van der Waals surface area (Å²) >= 11 is 0. The molecule has 0 radical (unpaired) electrons. The molecule has 0 spiro atoms. The normalized spacial score (nSPS) is 12.6. The molecule has 2 rings (SSSR count). The maximum atomic E-state index is 13.0. The smallest absolute Gasteiger partial charge is 0.243 e. The zero-order valence-electron chi connectivity index (χ0n) is 15.5. The zero-order valence-corrected chi connectivity index (χ0v) is 16.3. The van der Waals surface area contributed by atoms with Crippen LogP contribution in [0.2, 0.25) is 0 Å². The number of hydrogen-bond acceptors (Lipinski definition) is 4. The van der Waals surface area contributed by atoms with E-state index in [2.05, 4.69) is 5.32 Å². The van der Waals surface area contributed by atoms with E-state index in [4.69, 9.17) is 4.74 Å². The molecule has 0 aromatic heterocycles. The van der Waals surface area contributed by atoms with Gasteiger partial charge in [0.25, 0.3) is 0 Å². The Balaban J connectivity index is 2.07. The number of benzene rings is 2. The molecular weight excluding hydrogens is 371 g/mol. The molecule has 0 saturated heterocycles. The molecule has 1 N–H and O–H groups in total. The number of likely N-dealkylation sites (N-methyl/N-ethyl adjacent to an activating group) is 1. The number of amides is 1. The average Bonchev–Trinajstić information content (AvgIpc) is 2.66. The molecule has 27 heavy (non-hydrogen) atoms. The van der Waals surface area contributed by atoms with Gasteiger partial charge in [0.1, 0.15) is 11.6 Å².